The molecule has 12 heteroatoms. The van der Waals surface area contributed by atoms with E-state index in [1.54, 1.807) is 36.8 Å². The second kappa shape index (κ2) is 14.1. The number of benzene rings is 1. The van der Waals surface area contributed by atoms with E-state index < -0.39 is 6.29 Å². The molecule has 0 aliphatic carbocycles. The van der Waals surface area contributed by atoms with Gasteiger partial charge in [-0.25, -0.2) is 19.3 Å². The summed E-state index contributed by atoms with van der Waals surface area (Å²) < 4.78 is 25.5. The van der Waals surface area contributed by atoms with Gasteiger partial charge in [-0.3, -0.25) is 9.78 Å². The second-order valence-electron chi connectivity index (χ2n) is 10.3. The van der Waals surface area contributed by atoms with Crippen LogP contribution < -0.4 is 10.6 Å². The molecule has 0 atom stereocenters. The van der Waals surface area contributed by atoms with Crippen molar-refractivity contribution in [3.63, 3.8) is 0 Å². The monoisotopic (exact) mass is 574 g/mol. The molecule has 1 aliphatic rings. The van der Waals surface area contributed by atoms with E-state index in [0.717, 1.165) is 24.1 Å². The number of hydrogen-bond donors (Lipinski definition) is 3. The highest BCUT2D eigenvalue weighted by Gasteiger charge is 2.29. The van der Waals surface area contributed by atoms with Gasteiger partial charge in [0.25, 0.3) is 0 Å². The predicted octanol–water partition coefficient (Wildman–Crippen LogP) is 3.28. The Labute approximate surface area is 243 Å². The molecule has 1 amide bonds. The van der Waals surface area contributed by atoms with Crippen molar-refractivity contribution in [1.29, 1.82) is 0 Å². The number of anilines is 1. The Bertz CT molecular complexity index is 1440. The molecule has 3 aromatic heterocycles. The summed E-state index contributed by atoms with van der Waals surface area (Å²) in [7, 11) is 4.01. The second-order valence-corrected chi connectivity index (χ2v) is 10.3. The Morgan fingerprint density at radius 3 is 2.64 bits per heavy atom. The predicted molar refractivity (Wildman–Crippen MR) is 156 cm³/mol. The number of imidazole rings is 1. The summed E-state index contributed by atoms with van der Waals surface area (Å²) in [6.07, 6.45) is 5.82. The van der Waals surface area contributed by atoms with Crippen LogP contribution in [0.25, 0.3) is 22.6 Å². The van der Waals surface area contributed by atoms with Crippen LogP contribution >= 0.6 is 0 Å². The number of ether oxygens (including phenoxy) is 2. The van der Waals surface area contributed by atoms with Crippen LogP contribution in [0.2, 0.25) is 0 Å². The first kappa shape index (κ1) is 29.2. The summed E-state index contributed by atoms with van der Waals surface area (Å²) >= 11 is 0. The molecule has 1 saturated heterocycles. The average Bonchev–Trinajstić information content (AvgIpc) is 3.43. The fraction of sp³-hybridized carbons (Fsp3) is 0.367. The highest BCUT2D eigenvalue weighted by molar-refractivity contribution is 5.79. The van der Waals surface area contributed by atoms with Gasteiger partial charge in [0.2, 0.25) is 11.9 Å². The number of nitrogens with one attached hydrogen (secondary N) is 3. The van der Waals surface area contributed by atoms with E-state index in [0.29, 0.717) is 48.4 Å². The lowest BCUT2D eigenvalue weighted by Gasteiger charge is -2.28. The highest BCUT2D eigenvalue weighted by atomic mass is 19.1. The number of rotatable bonds is 12. The quantitative estimate of drug-likeness (QED) is 0.218. The third-order valence-corrected chi connectivity index (χ3v) is 6.73. The van der Waals surface area contributed by atoms with Crippen LogP contribution in [0, 0.1) is 11.7 Å². The third-order valence-electron chi connectivity index (χ3n) is 6.73. The summed E-state index contributed by atoms with van der Waals surface area (Å²) in [4.78, 5) is 35.9. The highest BCUT2D eigenvalue weighted by Crippen LogP contribution is 2.30. The van der Waals surface area contributed by atoms with Crippen LogP contribution in [0.3, 0.4) is 0 Å². The normalized spacial score (nSPS) is 16.9. The Balaban J connectivity index is 1.27. The molecule has 0 spiro atoms. The van der Waals surface area contributed by atoms with Gasteiger partial charge in [0.15, 0.2) is 6.29 Å². The largest absolute Gasteiger partial charge is 0.356 e. The summed E-state index contributed by atoms with van der Waals surface area (Å²) in [5.74, 6) is 0.302. The number of carbonyl (C=O) groups is 1. The molecule has 1 fully saturated rings. The minimum absolute atomic E-state index is 0.0669. The van der Waals surface area contributed by atoms with Gasteiger partial charge >= 0.3 is 0 Å². The topological polar surface area (TPSA) is 130 Å². The zero-order chi connectivity index (χ0) is 29.3. The van der Waals surface area contributed by atoms with Gasteiger partial charge in [-0.1, -0.05) is 6.07 Å². The molecular weight excluding hydrogens is 539 g/mol. The molecule has 4 aromatic rings. The number of aromatic nitrogens is 5. The molecule has 11 nitrogen and oxygen atoms in total. The average molecular weight is 575 g/mol. The van der Waals surface area contributed by atoms with Crippen molar-refractivity contribution in [3.8, 4) is 22.6 Å². The minimum atomic E-state index is -0.565. The standard InChI is InChI=1S/C30H35FN8O3/c1-39(2)14-4-12-33-29(40)22-18-41-26(42-19-22)15-25-37-27(21-6-8-23(31)9-7-21)28(38-25)24-10-13-34-30(36-24)35-17-20-5-3-11-32-16-20/h3,5-11,13,16,22,26H,4,12,14-15,17-19H2,1-2H3,(H,33,40)(H,37,38)(H,34,35,36). The number of aromatic amines is 1. The molecule has 4 heterocycles. The van der Waals surface area contributed by atoms with Gasteiger partial charge < -0.3 is 30.0 Å². The maximum atomic E-state index is 13.7. The molecule has 1 aromatic carbocycles. The van der Waals surface area contributed by atoms with Crippen LogP contribution in [-0.2, 0) is 27.2 Å². The van der Waals surface area contributed by atoms with Crippen molar-refractivity contribution in [3.05, 3.63) is 78.3 Å². The SMILES string of the molecule is CN(C)CCCNC(=O)C1COC(Cc2nc(-c3ccc(F)cc3)c(-c3ccnc(NCc4cccnc4)n3)[nH]2)OC1. The molecule has 0 radical (unpaired) electrons. The molecule has 220 valence electrons. The lowest BCUT2D eigenvalue weighted by Crippen LogP contribution is -2.43. The fourth-order valence-electron chi connectivity index (χ4n) is 4.51. The Hall–Kier alpha value is -4.26. The molecule has 0 unspecified atom stereocenters. The van der Waals surface area contributed by atoms with E-state index in [4.69, 9.17) is 19.4 Å². The van der Waals surface area contributed by atoms with E-state index >= 15 is 0 Å². The number of pyridine rings is 1. The van der Waals surface area contributed by atoms with Crippen molar-refractivity contribution >= 4 is 11.9 Å². The zero-order valence-corrected chi connectivity index (χ0v) is 23.7. The summed E-state index contributed by atoms with van der Waals surface area (Å²) in [5.41, 5.74) is 3.63. The molecule has 0 saturated carbocycles. The van der Waals surface area contributed by atoms with Crippen molar-refractivity contribution in [2.45, 2.75) is 25.7 Å². The first-order valence-electron chi connectivity index (χ1n) is 13.9. The molecule has 1 aliphatic heterocycles. The lowest BCUT2D eigenvalue weighted by atomic mass is 10.1. The van der Waals surface area contributed by atoms with Crippen molar-refractivity contribution in [2.75, 3.05) is 45.7 Å². The van der Waals surface area contributed by atoms with Crippen LogP contribution in [0.4, 0.5) is 10.3 Å². The first-order chi connectivity index (χ1) is 20.4. The van der Waals surface area contributed by atoms with Crippen LogP contribution in [-0.4, -0.2) is 82.4 Å². The molecule has 0 bridgehead atoms. The fourth-order valence-corrected chi connectivity index (χ4v) is 4.51. The van der Waals surface area contributed by atoms with Crippen molar-refractivity contribution < 1.29 is 18.7 Å². The Kier molecular flexibility index (Phi) is 9.80. The lowest BCUT2D eigenvalue weighted by molar-refractivity contribution is -0.200. The maximum absolute atomic E-state index is 13.7. The summed E-state index contributed by atoms with van der Waals surface area (Å²) in [6.45, 7) is 2.56. The van der Waals surface area contributed by atoms with Gasteiger partial charge in [0, 0.05) is 37.2 Å². The number of nitrogens with zero attached hydrogens (tertiary/aromatic N) is 5. The molecule has 42 heavy (non-hydrogen) atoms. The van der Waals surface area contributed by atoms with Crippen LogP contribution in [0.15, 0.2) is 61.1 Å². The van der Waals surface area contributed by atoms with Crippen LogP contribution in [0.5, 0.6) is 0 Å². The third kappa shape index (κ3) is 7.93. The van der Waals surface area contributed by atoms with E-state index in [1.165, 1.54) is 12.1 Å². The number of H-pyrrole nitrogens is 1. The molecule has 3 N–H and O–H groups in total. The minimum Gasteiger partial charge on any atom is -0.356 e. The smallest absolute Gasteiger partial charge is 0.227 e. The van der Waals surface area contributed by atoms with Gasteiger partial charge in [-0.05, 0) is 69.0 Å². The maximum Gasteiger partial charge on any atom is 0.227 e. The van der Waals surface area contributed by atoms with Crippen molar-refractivity contribution in [2.24, 2.45) is 5.92 Å². The molecular formula is C30H35FN8O3. The van der Waals surface area contributed by atoms with E-state index in [2.05, 4.69) is 30.5 Å². The summed E-state index contributed by atoms with van der Waals surface area (Å²) in [5, 5.41) is 6.18. The van der Waals surface area contributed by atoms with Gasteiger partial charge in [0.05, 0.1) is 42.6 Å². The Morgan fingerprint density at radius 1 is 1.10 bits per heavy atom. The first-order valence-corrected chi connectivity index (χ1v) is 13.9. The van der Waals surface area contributed by atoms with E-state index in [-0.39, 0.29) is 30.9 Å². The van der Waals surface area contributed by atoms with Gasteiger partial charge in [-0.15, -0.1) is 0 Å². The van der Waals surface area contributed by atoms with Gasteiger partial charge in [-0.2, -0.15) is 0 Å². The Morgan fingerprint density at radius 2 is 1.90 bits per heavy atom. The van der Waals surface area contributed by atoms with Crippen LogP contribution in [0.1, 0.15) is 17.8 Å². The van der Waals surface area contributed by atoms with Crippen molar-refractivity contribution in [1.82, 2.24) is 35.1 Å². The summed E-state index contributed by atoms with van der Waals surface area (Å²) in [6, 6.07) is 11.8. The number of amides is 1. The van der Waals surface area contributed by atoms with E-state index in [1.807, 2.05) is 26.2 Å². The van der Waals surface area contributed by atoms with Gasteiger partial charge in [0.1, 0.15) is 11.6 Å². The zero-order valence-electron chi connectivity index (χ0n) is 23.7. The number of halogens is 1. The van der Waals surface area contributed by atoms with E-state index in [9.17, 15) is 9.18 Å². The molecule has 5 rings (SSSR count). The number of carbonyl (C=O) groups excluding carboxylic acids is 1. The number of hydrogen-bond acceptors (Lipinski definition) is 9.